The first-order valence-electron chi connectivity index (χ1n) is 11.8. The van der Waals surface area contributed by atoms with Crippen LogP contribution in [0.4, 0.5) is 0 Å². The molecule has 6 rings (SSSR count). The maximum atomic E-state index is 13.6. The lowest BCUT2D eigenvalue weighted by molar-refractivity contribution is 0.264. The molecule has 4 aromatic carbocycles. The Hall–Kier alpha value is -3.15. The smallest absolute Gasteiger partial charge is 0.394 e. The summed E-state index contributed by atoms with van der Waals surface area (Å²) in [5, 5.41) is 0. The lowest BCUT2D eigenvalue weighted by Crippen LogP contribution is -1.98. The van der Waals surface area contributed by atoms with Gasteiger partial charge in [-0.1, -0.05) is 72.1 Å². The zero-order valence-electron chi connectivity index (χ0n) is 20.2. The molecule has 1 N–H and O–H groups in total. The van der Waals surface area contributed by atoms with E-state index in [0.29, 0.717) is 11.5 Å². The molecule has 0 radical (unpaired) electrons. The van der Waals surface area contributed by atoms with E-state index in [1.54, 1.807) is 35.7 Å². The van der Waals surface area contributed by atoms with Gasteiger partial charge in [0.05, 0.1) is 0 Å². The number of aryl methyl sites for hydroxylation is 2. The van der Waals surface area contributed by atoms with E-state index in [-0.39, 0.29) is 0 Å². The van der Waals surface area contributed by atoms with E-state index >= 15 is 0 Å². The normalized spacial score (nSPS) is 14.0. The van der Waals surface area contributed by atoms with Crippen molar-refractivity contribution in [3.8, 4) is 0 Å². The highest BCUT2D eigenvalue weighted by Crippen LogP contribution is 2.55. The van der Waals surface area contributed by atoms with Crippen LogP contribution in [-0.4, -0.2) is 4.89 Å². The Bertz CT molecular complexity index is 1540. The van der Waals surface area contributed by atoms with Gasteiger partial charge in [-0.15, -0.1) is 0 Å². The SMILES string of the molecule is Cc1ccc2c(c1)Sc1ccccc1C=C2OP(=O)(O)OC1=Cc2ccccc2Sc2cc(C)ccc21. The number of phosphoric acid groups is 1. The van der Waals surface area contributed by atoms with Gasteiger partial charge in [-0.3, -0.25) is 4.89 Å². The van der Waals surface area contributed by atoms with Crippen molar-refractivity contribution in [2.75, 3.05) is 0 Å². The quantitative estimate of drug-likeness (QED) is 0.260. The monoisotopic (exact) mass is 542 g/mol. The van der Waals surface area contributed by atoms with Crippen LogP contribution in [0.3, 0.4) is 0 Å². The summed E-state index contributed by atoms with van der Waals surface area (Å²) in [6, 6.07) is 27.7. The summed E-state index contributed by atoms with van der Waals surface area (Å²) in [5.74, 6) is 0.595. The molecule has 0 fully saturated rings. The second kappa shape index (κ2) is 9.62. The zero-order valence-corrected chi connectivity index (χ0v) is 22.7. The van der Waals surface area contributed by atoms with E-state index in [2.05, 4.69) is 12.1 Å². The Kier molecular flexibility index (Phi) is 6.29. The van der Waals surface area contributed by atoms with Crippen LogP contribution in [0.5, 0.6) is 0 Å². The lowest BCUT2D eigenvalue weighted by atomic mass is 10.1. The molecular weight excluding hydrogens is 519 g/mol. The summed E-state index contributed by atoms with van der Waals surface area (Å²) in [4.78, 5) is 15.1. The molecule has 7 heteroatoms. The van der Waals surface area contributed by atoms with Crippen LogP contribution in [-0.2, 0) is 13.6 Å². The van der Waals surface area contributed by atoms with Crippen molar-refractivity contribution in [3.63, 3.8) is 0 Å². The third-order valence-corrected chi connectivity index (χ3v) is 9.24. The molecule has 2 aliphatic rings. The minimum atomic E-state index is -4.58. The number of fused-ring (bicyclic) bond motifs is 4. The maximum absolute atomic E-state index is 13.6. The third-order valence-electron chi connectivity index (χ3n) is 6.08. The van der Waals surface area contributed by atoms with Crippen LogP contribution in [0.15, 0.2) is 105 Å². The molecule has 2 aliphatic heterocycles. The standard InChI is InChI=1S/C30H23O4PS2/c1-19-11-13-23-25(17-21-7-3-5-9-27(21)36-29(23)15-19)33-35(31,32)34-26-18-22-8-4-6-10-28(22)37-30-16-20(2)12-14-24(26)30/h3-18H,1-2H3,(H,31,32). The van der Waals surface area contributed by atoms with Crippen LogP contribution < -0.4 is 0 Å². The Morgan fingerprint density at radius 3 is 1.51 bits per heavy atom. The van der Waals surface area contributed by atoms with E-state index in [0.717, 1.165) is 53.0 Å². The first kappa shape index (κ1) is 24.2. The van der Waals surface area contributed by atoms with Crippen LogP contribution in [0.25, 0.3) is 23.7 Å². The van der Waals surface area contributed by atoms with Crippen molar-refractivity contribution in [3.05, 3.63) is 118 Å². The fourth-order valence-corrected chi connectivity index (χ4v) is 7.45. The largest absolute Gasteiger partial charge is 0.584 e. The number of phosphoric ester groups is 1. The zero-order chi connectivity index (χ0) is 25.6. The summed E-state index contributed by atoms with van der Waals surface area (Å²) in [6.45, 7) is 4.05. The van der Waals surface area contributed by atoms with Crippen molar-refractivity contribution in [1.29, 1.82) is 0 Å². The highest BCUT2D eigenvalue weighted by molar-refractivity contribution is 7.99. The Labute approximate surface area is 224 Å². The average Bonchev–Trinajstić information content (AvgIpc) is 3.09. The maximum Gasteiger partial charge on any atom is 0.584 e. The molecule has 0 amide bonds. The Morgan fingerprint density at radius 1 is 0.622 bits per heavy atom. The summed E-state index contributed by atoms with van der Waals surface area (Å²) >= 11 is 3.22. The molecule has 0 saturated heterocycles. The first-order chi connectivity index (χ1) is 17.8. The van der Waals surface area contributed by atoms with Crippen molar-refractivity contribution in [2.45, 2.75) is 33.4 Å². The molecule has 184 valence electrons. The van der Waals surface area contributed by atoms with Crippen LogP contribution in [0.1, 0.15) is 33.4 Å². The van der Waals surface area contributed by atoms with Gasteiger partial charge in [-0.05, 0) is 84.7 Å². The summed E-state index contributed by atoms with van der Waals surface area (Å²) < 4.78 is 25.3. The molecule has 0 aromatic heterocycles. The summed E-state index contributed by atoms with van der Waals surface area (Å²) in [5.41, 5.74) is 5.51. The number of benzene rings is 4. The van der Waals surface area contributed by atoms with Gasteiger partial charge in [-0.25, -0.2) is 4.57 Å². The third kappa shape index (κ3) is 5.03. The van der Waals surface area contributed by atoms with Crippen molar-refractivity contribution in [2.24, 2.45) is 0 Å². The van der Waals surface area contributed by atoms with Crippen LogP contribution in [0, 0.1) is 13.8 Å². The molecule has 0 unspecified atom stereocenters. The first-order valence-corrected chi connectivity index (χ1v) is 14.9. The molecule has 0 aliphatic carbocycles. The number of hydrogen-bond donors (Lipinski definition) is 1. The summed E-state index contributed by atoms with van der Waals surface area (Å²) in [7, 11) is -4.58. The molecule has 4 nitrogen and oxygen atoms in total. The number of hydrogen-bond acceptors (Lipinski definition) is 5. The van der Waals surface area contributed by atoms with E-state index in [1.165, 1.54) is 0 Å². The van der Waals surface area contributed by atoms with Gasteiger partial charge in [-0.2, -0.15) is 0 Å². The van der Waals surface area contributed by atoms with E-state index < -0.39 is 7.82 Å². The second-order valence-electron chi connectivity index (χ2n) is 8.95. The van der Waals surface area contributed by atoms with E-state index in [9.17, 15) is 9.46 Å². The van der Waals surface area contributed by atoms with Gasteiger partial charge in [0.25, 0.3) is 0 Å². The molecular formula is C30H23O4PS2. The van der Waals surface area contributed by atoms with Crippen molar-refractivity contribution >= 4 is 55.0 Å². The Balaban J connectivity index is 1.40. The van der Waals surface area contributed by atoms with Crippen molar-refractivity contribution in [1.82, 2.24) is 0 Å². The van der Waals surface area contributed by atoms with Gasteiger partial charge >= 0.3 is 7.82 Å². The predicted molar refractivity (Wildman–Crippen MR) is 151 cm³/mol. The van der Waals surface area contributed by atoms with Gasteiger partial charge in [0.1, 0.15) is 11.5 Å². The molecule has 0 bridgehead atoms. The van der Waals surface area contributed by atoms with E-state index in [1.807, 2.05) is 86.6 Å². The highest BCUT2D eigenvalue weighted by atomic mass is 32.2. The lowest BCUT2D eigenvalue weighted by Gasteiger charge is -2.19. The van der Waals surface area contributed by atoms with Crippen molar-refractivity contribution < 1.29 is 18.5 Å². The van der Waals surface area contributed by atoms with Gasteiger partial charge in [0.2, 0.25) is 0 Å². The summed E-state index contributed by atoms with van der Waals surface area (Å²) in [6.07, 6.45) is 3.61. The van der Waals surface area contributed by atoms with Crippen LogP contribution in [0.2, 0.25) is 0 Å². The van der Waals surface area contributed by atoms with Gasteiger partial charge < -0.3 is 9.05 Å². The van der Waals surface area contributed by atoms with Gasteiger partial charge in [0.15, 0.2) is 0 Å². The highest BCUT2D eigenvalue weighted by Gasteiger charge is 2.32. The average molecular weight is 543 g/mol. The molecule has 4 aromatic rings. The topological polar surface area (TPSA) is 55.8 Å². The molecule has 0 atom stereocenters. The Morgan fingerprint density at radius 2 is 1.05 bits per heavy atom. The fraction of sp³-hybridized carbons (Fsp3) is 0.0667. The minimum absolute atomic E-state index is 0.298. The molecule has 0 spiro atoms. The van der Waals surface area contributed by atoms with Crippen LogP contribution >= 0.6 is 31.3 Å². The fourth-order valence-electron chi connectivity index (χ4n) is 4.31. The second-order valence-corrected chi connectivity index (χ2v) is 12.4. The molecule has 37 heavy (non-hydrogen) atoms. The molecule has 2 heterocycles. The van der Waals surface area contributed by atoms with E-state index in [4.69, 9.17) is 9.05 Å². The predicted octanol–water partition coefficient (Wildman–Crippen LogP) is 9.06. The van der Waals surface area contributed by atoms with Gasteiger partial charge in [0, 0.05) is 30.7 Å². The number of rotatable bonds is 4. The molecule has 0 saturated carbocycles. The minimum Gasteiger partial charge on any atom is -0.394 e.